The van der Waals surface area contributed by atoms with Crippen LogP contribution in [0.15, 0.2) is 42.7 Å². The van der Waals surface area contributed by atoms with Gasteiger partial charge < -0.3 is 14.9 Å². The minimum absolute atomic E-state index is 0.254. The van der Waals surface area contributed by atoms with Crippen molar-refractivity contribution in [1.82, 2.24) is 19.8 Å². The predicted octanol–water partition coefficient (Wildman–Crippen LogP) is 1.58. The smallest absolute Gasteiger partial charge is 0.150 e. The van der Waals surface area contributed by atoms with E-state index in [4.69, 9.17) is 0 Å². The fourth-order valence-electron chi connectivity index (χ4n) is 4.50. The van der Waals surface area contributed by atoms with E-state index in [9.17, 15) is 5.11 Å². The Morgan fingerprint density at radius 1 is 1.00 bits per heavy atom. The number of aryl methyl sites for hydroxylation is 1. The van der Waals surface area contributed by atoms with E-state index in [1.165, 1.54) is 5.56 Å². The normalized spacial score (nSPS) is 24.4. The van der Waals surface area contributed by atoms with Gasteiger partial charge in [-0.1, -0.05) is 30.3 Å². The van der Waals surface area contributed by atoms with Crippen molar-refractivity contribution in [3.8, 4) is 0 Å². The number of anilines is 1. The number of nitrogens with zero attached hydrogens (tertiary/aromatic N) is 5. The highest BCUT2D eigenvalue weighted by molar-refractivity contribution is 5.43. The fraction of sp³-hybridized carbons (Fsp3) is 0.545. The molecule has 150 valence electrons. The maximum Gasteiger partial charge on any atom is 0.150 e. The Bertz CT molecular complexity index is 748. The topological polar surface area (TPSA) is 55.7 Å². The molecule has 6 heteroatoms. The van der Waals surface area contributed by atoms with Gasteiger partial charge in [-0.25, -0.2) is 4.98 Å². The molecular weight excluding hydrogens is 350 g/mol. The summed E-state index contributed by atoms with van der Waals surface area (Å²) in [5.41, 5.74) is 2.34. The van der Waals surface area contributed by atoms with E-state index in [0.717, 1.165) is 63.6 Å². The minimum atomic E-state index is -0.342. The van der Waals surface area contributed by atoms with Gasteiger partial charge in [0.15, 0.2) is 0 Å². The number of piperidine rings is 1. The number of rotatable bonds is 5. The largest absolute Gasteiger partial charge is 0.390 e. The first-order valence-electron chi connectivity index (χ1n) is 10.4. The molecule has 6 nitrogen and oxygen atoms in total. The Balaban J connectivity index is 1.25. The summed E-state index contributed by atoms with van der Waals surface area (Å²) in [7, 11) is 0. The van der Waals surface area contributed by atoms with Crippen molar-refractivity contribution >= 4 is 5.82 Å². The van der Waals surface area contributed by atoms with Gasteiger partial charge in [0, 0.05) is 64.2 Å². The number of aliphatic hydroxyl groups excluding tert-OH is 1. The SMILES string of the molecule is Cc1nccnc1N1CC[C@H](N2CCN(CCc3ccccc3)CC2)[C@@H](O)C1. The molecule has 1 N–H and O–H groups in total. The third kappa shape index (κ3) is 4.51. The molecule has 0 spiro atoms. The van der Waals surface area contributed by atoms with Crippen molar-refractivity contribution in [1.29, 1.82) is 0 Å². The average Bonchev–Trinajstić information content (AvgIpc) is 2.74. The number of aromatic nitrogens is 2. The van der Waals surface area contributed by atoms with E-state index in [1.54, 1.807) is 12.4 Å². The maximum absolute atomic E-state index is 10.8. The van der Waals surface area contributed by atoms with Gasteiger partial charge in [-0.05, 0) is 25.3 Å². The van der Waals surface area contributed by atoms with Crippen LogP contribution in [0.5, 0.6) is 0 Å². The van der Waals surface area contributed by atoms with Gasteiger partial charge in [-0.15, -0.1) is 0 Å². The highest BCUT2D eigenvalue weighted by atomic mass is 16.3. The second-order valence-electron chi connectivity index (χ2n) is 7.95. The maximum atomic E-state index is 10.8. The Morgan fingerprint density at radius 3 is 2.46 bits per heavy atom. The first kappa shape index (κ1) is 19.3. The number of β-amino-alcohol motifs (C(OH)–C–C–N with tert-alkyl or cyclic N) is 1. The lowest BCUT2D eigenvalue weighted by Crippen LogP contribution is -2.59. The molecule has 1 aromatic heterocycles. The van der Waals surface area contributed by atoms with Crippen LogP contribution in [0.4, 0.5) is 5.82 Å². The van der Waals surface area contributed by atoms with Crippen molar-refractivity contribution in [2.24, 2.45) is 0 Å². The van der Waals surface area contributed by atoms with Crippen LogP contribution in [0.3, 0.4) is 0 Å². The third-order valence-corrected chi connectivity index (χ3v) is 6.14. The minimum Gasteiger partial charge on any atom is -0.390 e. The van der Waals surface area contributed by atoms with Crippen molar-refractivity contribution in [3.05, 3.63) is 54.0 Å². The van der Waals surface area contributed by atoms with Gasteiger partial charge in [-0.3, -0.25) is 9.88 Å². The van der Waals surface area contributed by atoms with Gasteiger partial charge in [0.25, 0.3) is 0 Å². The van der Waals surface area contributed by atoms with Crippen LogP contribution in [0.2, 0.25) is 0 Å². The van der Waals surface area contributed by atoms with Crippen LogP contribution < -0.4 is 4.90 Å². The number of benzene rings is 1. The molecule has 0 unspecified atom stereocenters. The quantitative estimate of drug-likeness (QED) is 0.849. The Labute approximate surface area is 167 Å². The number of hydrogen-bond donors (Lipinski definition) is 1. The third-order valence-electron chi connectivity index (χ3n) is 6.14. The second-order valence-corrected chi connectivity index (χ2v) is 7.95. The van der Waals surface area contributed by atoms with Crippen molar-refractivity contribution in [3.63, 3.8) is 0 Å². The van der Waals surface area contributed by atoms with Gasteiger partial charge >= 0.3 is 0 Å². The summed E-state index contributed by atoms with van der Waals surface area (Å²) in [5, 5.41) is 10.8. The average molecular weight is 382 g/mol. The zero-order valence-corrected chi connectivity index (χ0v) is 16.7. The van der Waals surface area contributed by atoms with E-state index in [0.29, 0.717) is 6.54 Å². The number of aliphatic hydroxyl groups is 1. The Kier molecular flexibility index (Phi) is 6.20. The molecule has 0 bridgehead atoms. The molecule has 2 aromatic rings. The lowest BCUT2D eigenvalue weighted by Gasteiger charge is -2.45. The summed E-state index contributed by atoms with van der Waals surface area (Å²) in [6.07, 6.45) is 5.20. The zero-order valence-electron chi connectivity index (χ0n) is 16.7. The molecule has 2 aliphatic rings. The van der Waals surface area contributed by atoms with Crippen molar-refractivity contribution in [2.75, 3.05) is 50.7 Å². The molecule has 0 saturated carbocycles. The summed E-state index contributed by atoms with van der Waals surface area (Å²) in [6.45, 7) is 8.92. The molecule has 2 atom stereocenters. The van der Waals surface area contributed by atoms with Gasteiger partial charge in [-0.2, -0.15) is 0 Å². The lowest BCUT2D eigenvalue weighted by molar-refractivity contribution is 0.00965. The summed E-state index contributed by atoms with van der Waals surface area (Å²) < 4.78 is 0. The molecular formula is C22H31N5O. The molecule has 0 aliphatic carbocycles. The van der Waals surface area contributed by atoms with E-state index in [1.807, 2.05) is 6.92 Å². The molecule has 0 radical (unpaired) electrons. The fourth-order valence-corrected chi connectivity index (χ4v) is 4.50. The number of hydrogen-bond acceptors (Lipinski definition) is 6. The van der Waals surface area contributed by atoms with Gasteiger partial charge in [0.2, 0.25) is 0 Å². The second kappa shape index (κ2) is 8.99. The summed E-state index contributed by atoms with van der Waals surface area (Å²) in [4.78, 5) is 16.0. The van der Waals surface area contributed by atoms with Crippen molar-refractivity contribution < 1.29 is 5.11 Å². The lowest BCUT2D eigenvalue weighted by atomic mass is 9.99. The zero-order chi connectivity index (χ0) is 19.3. The van der Waals surface area contributed by atoms with Crippen LogP contribution >= 0.6 is 0 Å². The van der Waals surface area contributed by atoms with Crippen LogP contribution in [0.25, 0.3) is 0 Å². The molecule has 3 heterocycles. The molecule has 1 aromatic carbocycles. The molecule has 0 amide bonds. The summed E-state index contributed by atoms with van der Waals surface area (Å²) >= 11 is 0. The first-order chi connectivity index (χ1) is 13.7. The van der Waals surface area contributed by atoms with Crippen LogP contribution in [0.1, 0.15) is 17.7 Å². The molecule has 28 heavy (non-hydrogen) atoms. The summed E-state index contributed by atoms with van der Waals surface area (Å²) in [6, 6.07) is 11.0. The molecule has 4 rings (SSSR count). The standard InChI is InChI=1S/C22H31N5O/c1-18-22(24-10-9-23-18)27-12-8-20(21(28)17-27)26-15-13-25(14-16-26)11-7-19-5-3-2-4-6-19/h2-6,9-10,20-21,28H,7-8,11-17H2,1H3/t20-,21-/m0/s1. The van der Waals surface area contributed by atoms with Gasteiger partial charge in [0.05, 0.1) is 11.8 Å². The van der Waals surface area contributed by atoms with Gasteiger partial charge in [0.1, 0.15) is 5.82 Å². The van der Waals surface area contributed by atoms with E-state index >= 15 is 0 Å². The van der Waals surface area contributed by atoms with E-state index in [-0.39, 0.29) is 12.1 Å². The highest BCUT2D eigenvalue weighted by Gasteiger charge is 2.34. The van der Waals surface area contributed by atoms with Crippen LogP contribution in [0, 0.1) is 6.92 Å². The Hall–Kier alpha value is -2.02. The molecule has 2 saturated heterocycles. The van der Waals surface area contributed by atoms with Crippen molar-refractivity contribution in [2.45, 2.75) is 31.9 Å². The highest BCUT2D eigenvalue weighted by Crippen LogP contribution is 2.23. The predicted molar refractivity (Wildman–Crippen MR) is 112 cm³/mol. The van der Waals surface area contributed by atoms with E-state index in [2.05, 4.69) is 55.0 Å². The van der Waals surface area contributed by atoms with Crippen LogP contribution in [-0.4, -0.2) is 82.8 Å². The molecule has 2 fully saturated rings. The summed E-state index contributed by atoms with van der Waals surface area (Å²) in [5.74, 6) is 0.908. The monoisotopic (exact) mass is 381 g/mol. The van der Waals surface area contributed by atoms with E-state index < -0.39 is 0 Å². The van der Waals surface area contributed by atoms with Crippen LogP contribution in [-0.2, 0) is 6.42 Å². The molecule has 2 aliphatic heterocycles. The first-order valence-corrected chi connectivity index (χ1v) is 10.4. The Morgan fingerprint density at radius 2 is 1.75 bits per heavy atom. The number of piperazine rings is 1.